The van der Waals surface area contributed by atoms with Crippen molar-refractivity contribution in [3.63, 3.8) is 0 Å². The Morgan fingerprint density at radius 1 is 1.38 bits per heavy atom. The number of hydrogen-bond donors (Lipinski definition) is 1. The lowest BCUT2D eigenvalue weighted by Crippen LogP contribution is -2.14. The summed E-state index contributed by atoms with van der Waals surface area (Å²) in [5.74, 6) is -0.212. The van der Waals surface area contributed by atoms with E-state index in [9.17, 15) is 20.2 Å². The molecular weight excluding hydrogens is 358 g/mol. The number of hydrogen-bond acceptors (Lipinski definition) is 5. The molecule has 132 valence electrons. The van der Waals surface area contributed by atoms with Crippen molar-refractivity contribution in [1.82, 2.24) is 0 Å². The zero-order valence-electron chi connectivity index (χ0n) is 13.7. The zero-order chi connectivity index (χ0) is 19.1. The molecular formula is C18H14ClN3O4. The molecule has 0 aliphatic carbocycles. The van der Waals surface area contributed by atoms with Gasteiger partial charge in [-0.3, -0.25) is 14.9 Å². The Morgan fingerprint density at radius 3 is 2.77 bits per heavy atom. The number of carbonyl (C=O) groups is 1. The van der Waals surface area contributed by atoms with Crippen LogP contribution in [0.15, 0.2) is 48.0 Å². The maximum absolute atomic E-state index is 12.4. The van der Waals surface area contributed by atoms with Crippen LogP contribution in [0.1, 0.15) is 12.5 Å². The Morgan fingerprint density at radius 2 is 2.12 bits per heavy atom. The number of nitrogens with one attached hydrogen (secondary N) is 1. The van der Waals surface area contributed by atoms with Gasteiger partial charge in [0.05, 0.1) is 17.2 Å². The topological polar surface area (TPSA) is 105 Å². The number of nitro groups is 1. The number of anilines is 1. The number of halogens is 1. The van der Waals surface area contributed by atoms with Crippen LogP contribution in [-0.4, -0.2) is 17.4 Å². The van der Waals surface area contributed by atoms with Crippen LogP contribution in [0.5, 0.6) is 5.75 Å². The highest BCUT2D eigenvalue weighted by Crippen LogP contribution is 2.26. The minimum atomic E-state index is -0.678. The third kappa shape index (κ3) is 4.59. The summed E-state index contributed by atoms with van der Waals surface area (Å²) in [6.45, 7) is 2.22. The predicted molar refractivity (Wildman–Crippen MR) is 97.9 cm³/mol. The number of nitrogens with zero attached hydrogens (tertiary/aromatic N) is 2. The largest absolute Gasteiger partial charge is 0.492 e. The van der Waals surface area contributed by atoms with Crippen LogP contribution in [0.25, 0.3) is 6.08 Å². The average Bonchev–Trinajstić information content (AvgIpc) is 2.62. The highest BCUT2D eigenvalue weighted by Gasteiger charge is 2.15. The molecule has 0 atom stereocenters. The quantitative estimate of drug-likeness (QED) is 0.354. The van der Waals surface area contributed by atoms with Crippen molar-refractivity contribution >= 4 is 35.0 Å². The van der Waals surface area contributed by atoms with Gasteiger partial charge in [0.25, 0.3) is 11.6 Å². The summed E-state index contributed by atoms with van der Waals surface area (Å²) in [5, 5.41) is 22.9. The first kappa shape index (κ1) is 19.0. The van der Waals surface area contributed by atoms with Gasteiger partial charge < -0.3 is 10.1 Å². The molecule has 0 aliphatic heterocycles. The molecule has 1 N–H and O–H groups in total. The van der Waals surface area contributed by atoms with E-state index in [1.54, 1.807) is 30.3 Å². The van der Waals surface area contributed by atoms with Crippen LogP contribution < -0.4 is 10.1 Å². The summed E-state index contributed by atoms with van der Waals surface area (Å²) in [6.07, 6.45) is 1.20. The van der Waals surface area contributed by atoms with E-state index < -0.39 is 10.8 Å². The average molecular weight is 372 g/mol. The fraction of sp³-hybridized carbons (Fsp3) is 0.111. The normalized spacial score (nSPS) is 10.7. The molecule has 0 fully saturated rings. The van der Waals surface area contributed by atoms with Crippen LogP contribution in [0, 0.1) is 21.4 Å². The van der Waals surface area contributed by atoms with Crippen molar-refractivity contribution in [2.45, 2.75) is 6.92 Å². The molecule has 7 nitrogen and oxygen atoms in total. The molecule has 0 heterocycles. The summed E-state index contributed by atoms with van der Waals surface area (Å²) in [5.41, 5.74) is 0.162. The Hall–Kier alpha value is -3.37. The molecule has 1 amide bonds. The third-order valence-electron chi connectivity index (χ3n) is 3.29. The standard InChI is InChI=1S/C18H14ClN3O4/c1-2-26-17-6-4-3-5-16(17)21-18(23)13(11-20)9-12-10-14(22(24)25)7-8-15(12)19/h3-10H,2H2,1H3,(H,21,23)/b13-9+. The maximum atomic E-state index is 12.4. The molecule has 0 unspecified atom stereocenters. The first-order chi connectivity index (χ1) is 12.5. The van der Waals surface area contributed by atoms with E-state index in [4.69, 9.17) is 16.3 Å². The van der Waals surface area contributed by atoms with Crippen molar-refractivity contribution in [1.29, 1.82) is 5.26 Å². The second kappa shape index (κ2) is 8.65. The molecule has 0 aromatic heterocycles. The van der Waals surface area contributed by atoms with Gasteiger partial charge in [-0.2, -0.15) is 5.26 Å². The van der Waals surface area contributed by atoms with Gasteiger partial charge in [0.1, 0.15) is 17.4 Å². The molecule has 26 heavy (non-hydrogen) atoms. The van der Waals surface area contributed by atoms with E-state index in [1.807, 2.05) is 6.92 Å². The van der Waals surface area contributed by atoms with Gasteiger partial charge in [-0.15, -0.1) is 0 Å². The number of ether oxygens (including phenoxy) is 1. The minimum absolute atomic E-state index is 0.186. The Balaban J connectivity index is 2.33. The second-order valence-corrected chi connectivity index (χ2v) is 5.42. The Labute approximate surface area is 154 Å². The molecule has 8 heteroatoms. The van der Waals surface area contributed by atoms with Gasteiger partial charge in [-0.25, -0.2) is 0 Å². The number of para-hydroxylation sites is 2. The van der Waals surface area contributed by atoms with Crippen LogP contribution in [0.2, 0.25) is 5.02 Å². The highest BCUT2D eigenvalue weighted by molar-refractivity contribution is 6.32. The van der Waals surface area contributed by atoms with Crippen LogP contribution in [0.4, 0.5) is 11.4 Å². The highest BCUT2D eigenvalue weighted by atomic mass is 35.5. The van der Waals surface area contributed by atoms with E-state index in [2.05, 4.69) is 5.32 Å². The van der Waals surface area contributed by atoms with Gasteiger partial charge in [0.2, 0.25) is 0 Å². The van der Waals surface area contributed by atoms with Gasteiger partial charge in [0, 0.05) is 22.7 Å². The minimum Gasteiger partial charge on any atom is -0.492 e. The number of benzene rings is 2. The molecule has 0 bridgehead atoms. The van der Waals surface area contributed by atoms with Gasteiger partial charge in [-0.05, 0) is 31.2 Å². The molecule has 0 saturated heterocycles. The van der Waals surface area contributed by atoms with E-state index in [-0.39, 0.29) is 21.8 Å². The van der Waals surface area contributed by atoms with Crippen molar-refractivity contribution in [2.75, 3.05) is 11.9 Å². The smallest absolute Gasteiger partial charge is 0.270 e. The van der Waals surface area contributed by atoms with Crippen molar-refractivity contribution in [3.05, 3.63) is 68.7 Å². The fourth-order valence-corrected chi connectivity index (χ4v) is 2.27. The van der Waals surface area contributed by atoms with E-state index >= 15 is 0 Å². The van der Waals surface area contributed by atoms with Crippen LogP contribution >= 0.6 is 11.6 Å². The molecule has 2 aromatic rings. The van der Waals surface area contributed by atoms with E-state index in [0.717, 1.165) is 0 Å². The van der Waals surface area contributed by atoms with Crippen molar-refractivity contribution in [2.24, 2.45) is 0 Å². The SMILES string of the molecule is CCOc1ccccc1NC(=O)/C(C#N)=C/c1cc([N+](=O)[O-])ccc1Cl. The van der Waals surface area contributed by atoms with E-state index in [0.29, 0.717) is 18.0 Å². The molecule has 2 aromatic carbocycles. The lowest BCUT2D eigenvalue weighted by molar-refractivity contribution is -0.384. The monoisotopic (exact) mass is 371 g/mol. The fourth-order valence-electron chi connectivity index (χ4n) is 2.10. The van der Waals surface area contributed by atoms with Gasteiger partial charge in [0.15, 0.2) is 0 Å². The lowest BCUT2D eigenvalue weighted by Gasteiger charge is -2.10. The van der Waals surface area contributed by atoms with Gasteiger partial charge in [-0.1, -0.05) is 23.7 Å². The molecule has 0 radical (unpaired) electrons. The summed E-state index contributed by atoms with van der Waals surface area (Å²) in [4.78, 5) is 22.7. The number of non-ortho nitro benzene ring substituents is 1. The van der Waals surface area contributed by atoms with Crippen LogP contribution in [0.3, 0.4) is 0 Å². The number of rotatable bonds is 6. The van der Waals surface area contributed by atoms with Gasteiger partial charge >= 0.3 is 0 Å². The molecule has 0 saturated carbocycles. The molecule has 0 aliphatic rings. The van der Waals surface area contributed by atoms with Crippen molar-refractivity contribution < 1.29 is 14.5 Å². The zero-order valence-corrected chi connectivity index (χ0v) is 14.5. The summed E-state index contributed by atoms with van der Waals surface area (Å²) in [7, 11) is 0. The first-order valence-corrected chi connectivity index (χ1v) is 7.93. The number of nitriles is 1. The molecule has 0 spiro atoms. The number of carbonyl (C=O) groups excluding carboxylic acids is 1. The Bertz CT molecular complexity index is 919. The third-order valence-corrected chi connectivity index (χ3v) is 3.63. The van der Waals surface area contributed by atoms with Crippen molar-refractivity contribution in [3.8, 4) is 11.8 Å². The Kier molecular flexibility index (Phi) is 6.31. The number of nitro benzene ring substituents is 1. The van der Waals surface area contributed by atoms with Crippen LogP contribution in [-0.2, 0) is 4.79 Å². The second-order valence-electron chi connectivity index (χ2n) is 5.02. The number of amides is 1. The first-order valence-electron chi connectivity index (χ1n) is 7.55. The molecule has 2 rings (SSSR count). The predicted octanol–water partition coefficient (Wildman–Crippen LogP) is 4.19. The maximum Gasteiger partial charge on any atom is 0.270 e. The summed E-state index contributed by atoms with van der Waals surface area (Å²) < 4.78 is 5.42. The summed E-state index contributed by atoms with van der Waals surface area (Å²) >= 11 is 6.00. The lowest BCUT2D eigenvalue weighted by atomic mass is 10.1. The van der Waals surface area contributed by atoms with E-state index in [1.165, 1.54) is 24.3 Å². The summed E-state index contributed by atoms with van der Waals surface area (Å²) in [6, 6.07) is 12.3.